The van der Waals surface area contributed by atoms with Gasteiger partial charge in [0, 0.05) is 44.5 Å². The van der Waals surface area contributed by atoms with Gasteiger partial charge in [-0.3, -0.25) is 9.88 Å². The molecule has 0 spiro atoms. The summed E-state index contributed by atoms with van der Waals surface area (Å²) in [5.41, 5.74) is 1.33. The van der Waals surface area contributed by atoms with Gasteiger partial charge >= 0.3 is 0 Å². The van der Waals surface area contributed by atoms with Gasteiger partial charge in [-0.1, -0.05) is 6.07 Å². The summed E-state index contributed by atoms with van der Waals surface area (Å²) < 4.78 is 11.9. The molecule has 1 aromatic heterocycles. The molecular formula is C17H26N2O2. The first-order chi connectivity index (χ1) is 10.3. The molecule has 1 aromatic rings. The second-order valence-electron chi connectivity index (χ2n) is 6.28. The van der Waals surface area contributed by atoms with Crippen molar-refractivity contribution in [2.45, 2.75) is 38.8 Å². The van der Waals surface area contributed by atoms with Crippen LogP contribution in [0, 0.1) is 5.41 Å². The highest BCUT2D eigenvalue weighted by atomic mass is 16.5. The number of nitrogens with zero attached hydrogens (tertiary/aromatic N) is 2. The van der Waals surface area contributed by atoms with E-state index in [0.717, 1.165) is 58.0 Å². The Balaban J connectivity index is 1.68. The number of hydrogen-bond acceptors (Lipinski definition) is 4. The molecular weight excluding hydrogens is 264 g/mol. The van der Waals surface area contributed by atoms with Crippen molar-refractivity contribution in [2.75, 3.05) is 32.9 Å². The Kier molecular flexibility index (Phi) is 4.88. The van der Waals surface area contributed by atoms with E-state index in [0.29, 0.717) is 6.10 Å². The molecule has 0 radical (unpaired) electrons. The first-order valence-electron chi connectivity index (χ1n) is 8.14. The summed E-state index contributed by atoms with van der Waals surface area (Å²) in [4.78, 5) is 6.98. The van der Waals surface area contributed by atoms with Crippen LogP contribution in [0.5, 0.6) is 0 Å². The maximum atomic E-state index is 6.06. The summed E-state index contributed by atoms with van der Waals surface area (Å²) in [6, 6.07) is 6.15. The smallest absolute Gasteiger partial charge is 0.0677 e. The van der Waals surface area contributed by atoms with Crippen LogP contribution in [0.4, 0.5) is 0 Å². The molecule has 116 valence electrons. The van der Waals surface area contributed by atoms with E-state index in [9.17, 15) is 0 Å². The molecule has 4 nitrogen and oxygen atoms in total. The fourth-order valence-corrected chi connectivity index (χ4v) is 3.75. The summed E-state index contributed by atoms with van der Waals surface area (Å²) in [6.07, 6.45) is 5.73. The Morgan fingerprint density at radius 3 is 3.24 bits per heavy atom. The number of rotatable bonds is 5. The maximum absolute atomic E-state index is 6.06. The number of likely N-dealkylation sites (tertiary alicyclic amines) is 1. The number of piperidine rings is 1. The van der Waals surface area contributed by atoms with E-state index in [2.05, 4.69) is 28.9 Å². The summed E-state index contributed by atoms with van der Waals surface area (Å²) in [5, 5.41) is 0. The van der Waals surface area contributed by atoms with E-state index in [4.69, 9.17) is 9.47 Å². The molecule has 0 amide bonds. The molecule has 2 atom stereocenters. The highest BCUT2D eigenvalue weighted by molar-refractivity contribution is 5.05. The van der Waals surface area contributed by atoms with Gasteiger partial charge in [0.2, 0.25) is 0 Å². The van der Waals surface area contributed by atoms with Crippen LogP contribution in [0.15, 0.2) is 24.4 Å². The van der Waals surface area contributed by atoms with Gasteiger partial charge < -0.3 is 9.47 Å². The average Bonchev–Trinajstić information content (AvgIpc) is 2.54. The predicted octanol–water partition coefficient (Wildman–Crippen LogP) is 2.49. The minimum Gasteiger partial charge on any atom is -0.381 e. The molecule has 0 aromatic carbocycles. The van der Waals surface area contributed by atoms with Crippen molar-refractivity contribution in [1.29, 1.82) is 0 Å². The van der Waals surface area contributed by atoms with Gasteiger partial charge in [-0.15, -0.1) is 0 Å². The normalized spacial score (nSPS) is 30.0. The fraction of sp³-hybridized carbons (Fsp3) is 0.706. The van der Waals surface area contributed by atoms with Crippen LogP contribution >= 0.6 is 0 Å². The van der Waals surface area contributed by atoms with Crippen molar-refractivity contribution in [3.8, 4) is 0 Å². The third kappa shape index (κ3) is 3.44. The lowest BCUT2D eigenvalue weighted by Crippen LogP contribution is -2.56. The molecule has 0 N–H and O–H groups in total. The highest BCUT2D eigenvalue weighted by Gasteiger charge is 2.46. The number of pyridine rings is 1. The van der Waals surface area contributed by atoms with E-state index in [1.165, 1.54) is 6.42 Å². The third-order valence-electron chi connectivity index (χ3n) is 4.77. The van der Waals surface area contributed by atoms with Gasteiger partial charge in [0.1, 0.15) is 0 Å². The summed E-state index contributed by atoms with van der Waals surface area (Å²) in [7, 11) is 0. The van der Waals surface area contributed by atoms with Crippen LogP contribution in [0.2, 0.25) is 0 Å². The van der Waals surface area contributed by atoms with Crippen molar-refractivity contribution in [1.82, 2.24) is 9.88 Å². The lowest BCUT2D eigenvalue weighted by atomic mass is 9.73. The fourth-order valence-electron chi connectivity index (χ4n) is 3.75. The van der Waals surface area contributed by atoms with Crippen molar-refractivity contribution in [2.24, 2.45) is 5.41 Å². The number of hydrogen-bond donors (Lipinski definition) is 0. The summed E-state index contributed by atoms with van der Waals surface area (Å²) in [6.45, 7) is 7.69. The van der Waals surface area contributed by atoms with Crippen LogP contribution in [0.1, 0.15) is 31.9 Å². The standard InChI is InChI=1S/C17H26N2O2/c1-2-20-14-17-8-5-11-21-16(17)7-10-19(13-17)12-15-6-3-4-9-18-15/h3-4,6,9,16H,2,5,7-8,10-14H2,1H3. The van der Waals surface area contributed by atoms with Gasteiger partial charge in [0.15, 0.2) is 0 Å². The van der Waals surface area contributed by atoms with Crippen LogP contribution < -0.4 is 0 Å². The minimum absolute atomic E-state index is 0.182. The van der Waals surface area contributed by atoms with E-state index in [-0.39, 0.29) is 5.41 Å². The van der Waals surface area contributed by atoms with Crippen molar-refractivity contribution in [3.63, 3.8) is 0 Å². The van der Waals surface area contributed by atoms with Crippen molar-refractivity contribution >= 4 is 0 Å². The van der Waals surface area contributed by atoms with E-state index >= 15 is 0 Å². The molecule has 3 rings (SSSR count). The second-order valence-corrected chi connectivity index (χ2v) is 6.28. The van der Waals surface area contributed by atoms with Gasteiger partial charge in [-0.25, -0.2) is 0 Å². The molecule has 0 aliphatic carbocycles. The molecule has 3 heterocycles. The molecule has 2 aliphatic rings. The van der Waals surface area contributed by atoms with Crippen LogP contribution in [-0.2, 0) is 16.0 Å². The molecule has 0 saturated carbocycles. The molecule has 2 unspecified atom stereocenters. The van der Waals surface area contributed by atoms with E-state index in [1.54, 1.807) is 0 Å². The first kappa shape index (κ1) is 14.9. The molecule has 2 aliphatic heterocycles. The Morgan fingerprint density at radius 1 is 1.48 bits per heavy atom. The zero-order chi connectivity index (χ0) is 14.5. The second kappa shape index (κ2) is 6.86. The van der Waals surface area contributed by atoms with Crippen LogP contribution in [0.3, 0.4) is 0 Å². The predicted molar refractivity (Wildman–Crippen MR) is 82.0 cm³/mol. The summed E-state index contributed by atoms with van der Waals surface area (Å²) in [5.74, 6) is 0. The Labute approximate surface area is 127 Å². The molecule has 2 fully saturated rings. The van der Waals surface area contributed by atoms with E-state index < -0.39 is 0 Å². The monoisotopic (exact) mass is 290 g/mol. The zero-order valence-electron chi connectivity index (χ0n) is 13.0. The Bertz CT molecular complexity index is 440. The van der Waals surface area contributed by atoms with E-state index in [1.807, 2.05) is 12.3 Å². The lowest BCUT2D eigenvalue weighted by molar-refractivity contribution is -0.153. The van der Waals surface area contributed by atoms with Crippen molar-refractivity contribution in [3.05, 3.63) is 30.1 Å². The number of fused-ring (bicyclic) bond motifs is 1. The van der Waals surface area contributed by atoms with Crippen LogP contribution in [-0.4, -0.2) is 48.9 Å². The van der Waals surface area contributed by atoms with Crippen molar-refractivity contribution < 1.29 is 9.47 Å². The highest BCUT2D eigenvalue weighted by Crippen LogP contribution is 2.40. The number of aromatic nitrogens is 1. The van der Waals surface area contributed by atoms with Gasteiger partial charge in [0.05, 0.1) is 18.4 Å². The van der Waals surface area contributed by atoms with Crippen LogP contribution in [0.25, 0.3) is 0 Å². The van der Waals surface area contributed by atoms with Gasteiger partial charge in [0.25, 0.3) is 0 Å². The molecule has 4 heteroatoms. The molecule has 0 bridgehead atoms. The van der Waals surface area contributed by atoms with Gasteiger partial charge in [-0.2, -0.15) is 0 Å². The zero-order valence-corrected chi connectivity index (χ0v) is 13.0. The third-order valence-corrected chi connectivity index (χ3v) is 4.77. The Hall–Kier alpha value is -0.970. The molecule has 21 heavy (non-hydrogen) atoms. The first-order valence-corrected chi connectivity index (χ1v) is 8.14. The largest absolute Gasteiger partial charge is 0.381 e. The topological polar surface area (TPSA) is 34.6 Å². The Morgan fingerprint density at radius 2 is 2.43 bits per heavy atom. The average molecular weight is 290 g/mol. The lowest BCUT2D eigenvalue weighted by Gasteiger charge is -2.50. The van der Waals surface area contributed by atoms with Gasteiger partial charge in [-0.05, 0) is 38.3 Å². The SMILES string of the molecule is CCOCC12CCCOC1CCN(Cc1ccccn1)C2. The molecule has 2 saturated heterocycles. The number of ether oxygens (including phenoxy) is 2. The maximum Gasteiger partial charge on any atom is 0.0677 e. The minimum atomic E-state index is 0.182. The summed E-state index contributed by atoms with van der Waals surface area (Å²) >= 11 is 0. The quantitative estimate of drug-likeness (QED) is 0.834.